The van der Waals surface area contributed by atoms with Gasteiger partial charge in [-0.3, -0.25) is 0 Å². The number of hydrogen-bond donors (Lipinski definition) is 2. The number of rotatable bonds is 5. The lowest BCUT2D eigenvalue weighted by Crippen LogP contribution is -2.04. The van der Waals surface area contributed by atoms with Crippen molar-refractivity contribution in [1.82, 2.24) is 14.8 Å². The lowest BCUT2D eigenvalue weighted by Gasteiger charge is -2.02. The maximum absolute atomic E-state index is 5.96. The normalized spacial score (nSPS) is 10.6. The minimum Gasteiger partial charge on any atom is -0.384 e. The molecule has 2 rings (SSSR count). The van der Waals surface area contributed by atoms with Gasteiger partial charge in [-0.2, -0.15) is 5.10 Å². The highest BCUT2D eigenvalue weighted by molar-refractivity contribution is 5.65. The van der Waals surface area contributed by atoms with Gasteiger partial charge in [0.25, 0.3) is 0 Å². The average Bonchev–Trinajstić information content (AvgIpc) is 2.78. The van der Waals surface area contributed by atoms with Crippen LogP contribution in [0.15, 0.2) is 24.4 Å². The summed E-state index contributed by atoms with van der Waals surface area (Å²) in [5.74, 6) is 1.54. The van der Waals surface area contributed by atoms with Gasteiger partial charge in [0, 0.05) is 31.4 Å². The molecular formula is C13H19N5. The van der Waals surface area contributed by atoms with Crippen molar-refractivity contribution in [3.05, 3.63) is 24.4 Å². The van der Waals surface area contributed by atoms with Gasteiger partial charge in [0.2, 0.25) is 0 Å². The van der Waals surface area contributed by atoms with Crippen LogP contribution in [0.2, 0.25) is 0 Å². The SMILES string of the molecule is CCCCn1nc(-c2ccnc(NC)c2)cc1N. The van der Waals surface area contributed by atoms with E-state index in [0.717, 1.165) is 36.5 Å². The lowest BCUT2D eigenvalue weighted by molar-refractivity contribution is 0.580. The van der Waals surface area contributed by atoms with Gasteiger partial charge >= 0.3 is 0 Å². The van der Waals surface area contributed by atoms with Gasteiger partial charge in [0.05, 0.1) is 5.69 Å². The number of nitrogens with two attached hydrogens (primary N) is 1. The van der Waals surface area contributed by atoms with E-state index in [0.29, 0.717) is 5.82 Å². The van der Waals surface area contributed by atoms with Crippen LogP contribution in [0.4, 0.5) is 11.6 Å². The number of aromatic nitrogens is 3. The van der Waals surface area contributed by atoms with Crippen molar-refractivity contribution in [3.63, 3.8) is 0 Å². The Kier molecular flexibility index (Phi) is 3.82. The van der Waals surface area contributed by atoms with Crippen LogP contribution in [0.1, 0.15) is 19.8 Å². The van der Waals surface area contributed by atoms with E-state index in [1.807, 2.05) is 29.9 Å². The molecule has 18 heavy (non-hydrogen) atoms. The molecule has 96 valence electrons. The molecule has 0 saturated heterocycles. The maximum atomic E-state index is 5.96. The summed E-state index contributed by atoms with van der Waals surface area (Å²) < 4.78 is 1.86. The predicted octanol–water partition coefficient (Wildman–Crippen LogP) is 2.37. The predicted molar refractivity (Wildman–Crippen MR) is 74.3 cm³/mol. The Bertz CT molecular complexity index is 518. The summed E-state index contributed by atoms with van der Waals surface area (Å²) >= 11 is 0. The zero-order valence-electron chi connectivity index (χ0n) is 10.8. The molecule has 2 aromatic heterocycles. The Morgan fingerprint density at radius 3 is 2.94 bits per heavy atom. The summed E-state index contributed by atoms with van der Waals surface area (Å²) in [6, 6.07) is 5.81. The Morgan fingerprint density at radius 1 is 1.39 bits per heavy atom. The second-order valence-electron chi connectivity index (χ2n) is 4.21. The van der Waals surface area contributed by atoms with Crippen molar-refractivity contribution < 1.29 is 0 Å². The van der Waals surface area contributed by atoms with Crippen LogP contribution < -0.4 is 11.1 Å². The number of nitrogen functional groups attached to an aromatic ring is 1. The van der Waals surface area contributed by atoms with E-state index < -0.39 is 0 Å². The first-order valence-electron chi connectivity index (χ1n) is 6.22. The molecule has 0 aromatic carbocycles. The van der Waals surface area contributed by atoms with Crippen molar-refractivity contribution >= 4 is 11.6 Å². The van der Waals surface area contributed by atoms with Crippen LogP contribution in [0.3, 0.4) is 0 Å². The number of hydrogen-bond acceptors (Lipinski definition) is 4. The highest BCUT2D eigenvalue weighted by atomic mass is 15.3. The standard InChI is InChI=1S/C13H19N5/c1-3-4-7-18-12(14)9-11(17-18)10-5-6-16-13(8-10)15-2/h5-6,8-9H,3-4,7,14H2,1-2H3,(H,15,16). The van der Waals surface area contributed by atoms with E-state index in [1.165, 1.54) is 0 Å². The van der Waals surface area contributed by atoms with Gasteiger partial charge in [-0.05, 0) is 18.6 Å². The van der Waals surface area contributed by atoms with Crippen LogP contribution in [0.25, 0.3) is 11.3 Å². The first kappa shape index (κ1) is 12.4. The smallest absolute Gasteiger partial charge is 0.126 e. The molecule has 3 N–H and O–H groups in total. The summed E-state index contributed by atoms with van der Waals surface area (Å²) in [6.45, 7) is 3.02. The topological polar surface area (TPSA) is 68.8 Å². The van der Waals surface area contributed by atoms with Crippen molar-refractivity contribution in [3.8, 4) is 11.3 Å². The minimum atomic E-state index is 0.710. The largest absolute Gasteiger partial charge is 0.384 e. The third kappa shape index (κ3) is 2.61. The van der Waals surface area contributed by atoms with Crippen molar-refractivity contribution in [2.75, 3.05) is 18.1 Å². The molecule has 0 spiro atoms. The lowest BCUT2D eigenvalue weighted by atomic mass is 10.2. The van der Waals surface area contributed by atoms with Crippen molar-refractivity contribution in [2.24, 2.45) is 0 Å². The molecule has 0 amide bonds. The first-order valence-corrected chi connectivity index (χ1v) is 6.22. The summed E-state index contributed by atoms with van der Waals surface area (Å²) in [4.78, 5) is 4.19. The quantitative estimate of drug-likeness (QED) is 0.848. The first-order chi connectivity index (χ1) is 8.74. The van der Waals surface area contributed by atoms with E-state index >= 15 is 0 Å². The fourth-order valence-corrected chi connectivity index (χ4v) is 1.79. The maximum Gasteiger partial charge on any atom is 0.126 e. The number of anilines is 2. The number of nitrogens with zero attached hydrogens (tertiary/aromatic N) is 3. The molecule has 2 aromatic rings. The molecule has 5 heteroatoms. The molecule has 0 aliphatic rings. The molecule has 5 nitrogen and oxygen atoms in total. The molecule has 0 atom stereocenters. The Hall–Kier alpha value is -2.04. The van der Waals surface area contributed by atoms with Crippen LogP contribution in [0.5, 0.6) is 0 Å². The van der Waals surface area contributed by atoms with Crippen LogP contribution in [0, 0.1) is 0 Å². The van der Waals surface area contributed by atoms with Crippen LogP contribution in [-0.2, 0) is 6.54 Å². The molecular weight excluding hydrogens is 226 g/mol. The molecule has 0 unspecified atom stereocenters. The van der Waals surface area contributed by atoms with Gasteiger partial charge in [-0.15, -0.1) is 0 Å². The minimum absolute atomic E-state index is 0.710. The van der Waals surface area contributed by atoms with E-state index in [1.54, 1.807) is 6.20 Å². The fraction of sp³-hybridized carbons (Fsp3) is 0.385. The number of aryl methyl sites for hydroxylation is 1. The summed E-state index contributed by atoms with van der Waals surface area (Å²) in [7, 11) is 1.85. The van der Waals surface area contributed by atoms with Crippen molar-refractivity contribution in [2.45, 2.75) is 26.3 Å². The number of pyridine rings is 1. The molecule has 2 heterocycles. The summed E-state index contributed by atoms with van der Waals surface area (Å²) in [5.41, 5.74) is 7.87. The average molecular weight is 245 g/mol. The molecule has 0 saturated carbocycles. The van der Waals surface area contributed by atoms with E-state index in [9.17, 15) is 0 Å². The Morgan fingerprint density at radius 2 is 2.22 bits per heavy atom. The fourth-order valence-electron chi connectivity index (χ4n) is 1.79. The van der Waals surface area contributed by atoms with Crippen LogP contribution >= 0.6 is 0 Å². The van der Waals surface area contributed by atoms with Gasteiger partial charge in [0.1, 0.15) is 11.6 Å². The highest BCUT2D eigenvalue weighted by Gasteiger charge is 2.07. The Labute approximate surface area is 107 Å². The van der Waals surface area contributed by atoms with E-state index in [2.05, 4.69) is 22.3 Å². The highest BCUT2D eigenvalue weighted by Crippen LogP contribution is 2.22. The molecule has 0 bridgehead atoms. The summed E-state index contributed by atoms with van der Waals surface area (Å²) in [5, 5.41) is 7.54. The zero-order valence-corrected chi connectivity index (χ0v) is 10.8. The Balaban J connectivity index is 2.27. The second kappa shape index (κ2) is 5.53. The molecule has 0 radical (unpaired) electrons. The number of nitrogens with one attached hydrogen (secondary N) is 1. The van der Waals surface area contributed by atoms with Gasteiger partial charge in [0.15, 0.2) is 0 Å². The van der Waals surface area contributed by atoms with Gasteiger partial charge in [-0.1, -0.05) is 13.3 Å². The zero-order chi connectivity index (χ0) is 13.0. The van der Waals surface area contributed by atoms with Gasteiger partial charge in [-0.25, -0.2) is 9.67 Å². The van der Waals surface area contributed by atoms with Crippen molar-refractivity contribution in [1.29, 1.82) is 0 Å². The van der Waals surface area contributed by atoms with Gasteiger partial charge < -0.3 is 11.1 Å². The third-order valence-corrected chi connectivity index (χ3v) is 2.85. The van der Waals surface area contributed by atoms with Crippen LogP contribution in [-0.4, -0.2) is 21.8 Å². The second-order valence-corrected chi connectivity index (χ2v) is 4.21. The number of unbranched alkanes of at least 4 members (excludes halogenated alkanes) is 1. The van der Waals surface area contributed by atoms with E-state index in [4.69, 9.17) is 5.73 Å². The monoisotopic (exact) mass is 245 g/mol. The summed E-state index contributed by atoms with van der Waals surface area (Å²) in [6.07, 6.45) is 3.99. The molecule has 0 aliphatic carbocycles. The molecule has 0 aliphatic heterocycles. The van der Waals surface area contributed by atoms with E-state index in [-0.39, 0.29) is 0 Å². The third-order valence-electron chi connectivity index (χ3n) is 2.85. The molecule has 0 fully saturated rings.